The van der Waals surface area contributed by atoms with Gasteiger partial charge in [-0.25, -0.2) is 4.98 Å². The van der Waals surface area contributed by atoms with Crippen molar-refractivity contribution >= 4 is 28.1 Å². The standard InChI is InChI=1S/C10H15BrN2OS/c1-5-14-10(3,4)9-12-6(2)7(11)8(15)13-9/h5H2,1-4H3,(H,12,13,15). The van der Waals surface area contributed by atoms with Gasteiger partial charge in [-0.15, -0.1) is 0 Å². The van der Waals surface area contributed by atoms with Gasteiger partial charge in [-0.2, -0.15) is 0 Å². The van der Waals surface area contributed by atoms with E-state index < -0.39 is 5.60 Å². The van der Waals surface area contributed by atoms with Crippen molar-refractivity contribution in [3.05, 3.63) is 20.6 Å². The first kappa shape index (κ1) is 12.8. The van der Waals surface area contributed by atoms with Crippen LogP contribution in [-0.4, -0.2) is 16.6 Å². The fraction of sp³-hybridized carbons (Fsp3) is 0.600. The second-order valence-corrected chi connectivity index (χ2v) is 4.95. The highest BCUT2D eigenvalue weighted by Crippen LogP contribution is 2.23. The lowest BCUT2D eigenvalue weighted by atomic mass is 10.1. The van der Waals surface area contributed by atoms with Gasteiger partial charge in [-0.05, 0) is 43.6 Å². The van der Waals surface area contributed by atoms with Crippen LogP contribution in [0.15, 0.2) is 4.47 Å². The Morgan fingerprint density at radius 2 is 2.13 bits per heavy atom. The molecular weight excluding hydrogens is 276 g/mol. The smallest absolute Gasteiger partial charge is 0.144 e. The molecule has 0 aliphatic carbocycles. The number of H-pyrrole nitrogens is 1. The van der Waals surface area contributed by atoms with E-state index in [-0.39, 0.29) is 0 Å². The monoisotopic (exact) mass is 290 g/mol. The van der Waals surface area contributed by atoms with Gasteiger partial charge in [0.2, 0.25) is 0 Å². The summed E-state index contributed by atoms with van der Waals surface area (Å²) in [6, 6.07) is 0. The quantitative estimate of drug-likeness (QED) is 0.866. The van der Waals surface area contributed by atoms with Crippen molar-refractivity contribution in [3.8, 4) is 0 Å². The molecule has 3 nitrogen and oxygen atoms in total. The third kappa shape index (κ3) is 2.86. The SMILES string of the molecule is CCOC(C)(C)c1nc(=S)c(Br)c(C)[nH]1. The Balaban J connectivity index is 3.22. The lowest BCUT2D eigenvalue weighted by molar-refractivity contribution is -0.0210. The van der Waals surface area contributed by atoms with Gasteiger partial charge < -0.3 is 9.72 Å². The molecule has 0 atom stereocenters. The lowest BCUT2D eigenvalue weighted by Gasteiger charge is -2.24. The Kier molecular flexibility index (Phi) is 4.03. The number of rotatable bonds is 3. The summed E-state index contributed by atoms with van der Waals surface area (Å²) < 4.78 is 7.02. The van der Waals surface area contributed by atoms with E-state index in [9.17, 15) is 0 Å². The van der Waals surface area contributed by atoms with Crippen LogP contribution in [0.4, 0.5) is 0 Å². The normalized spacial score (nSPS) is 11.8. The predicted octanol–water partition coefficient (Wildman–Crippen LogP) is 3.48. The number of aromatic nitrogens is 2. The number of aromatic amines is 1. The third-order valence-electron chi connectivity index (χ3n) is 2.11. The van der Waals surface area contributed by atoms with Crippen molar-refractivity contribution in [2.75, 3.05) is 6.61 Å². The number of nitrogens with zero attached hydrogens (tertiary/aromatic N) is 1. The second-order valence-electron chi connectivity index (χ2n) is 3.77. The Morgan fingerprint density at radius 3 is 2.60 bits per heavy atom. The molecule has 0 radical (unpaired) electrons. The Morgan fingerprint density at radius 1 is 1.53 bits per heavy atom. The topological polar surface area (TPSA) is 37.9 Å². The molecule has 15 heavy (non-hydrogen) atoms. The van der Waals surface area contributed by atoms with Crippen LogP contribution in [0.1, 0.15) is 32.3 Å². The van der Waals surface area contributed by atoms with Gasteiger partial charge in [-0.3, -0.25) is 0 Å². The lowest BCUT2D eigenvalue weighted by Crippen LogP contribution is -2.25. The molecule has 1 aromatic rings. The Bertz CT molecular complexity index is 414. The van der Waals surface area contributed by atoms with Crippen LogP contribution >= 0.6 is 28.1 Å². The van der Waals surface area contributed by atoms with E-state index in [4.69, 9.17) is 17.0 Å². The van der Waals surface area contributed by atoms with E-state index in [1.807, 2.05) is 27.7 Å². The summed E-state index contributed by atoms with van der Waals surface area (Å²) in [5.74, 6) is 0.759. The predicted molar refractivity (Wildman–Crippen MR) is 66.5 cm³/mol. The molecule has 0 fully saturated rings. The maximum atomic E-state index is 5.61. The van der Waals surface area contributed by atoms with Crippen LogP contribution < -0.4 is 0 Å². The highest BCUT2D eigenvalue weighted by Gasteiger charge is 2.24. The zero-order valence-electron chi connectivity index (χ0n) is 9.35. The van der Waals surface area contributed by atoms with E-state index in [1.165, 1.54) is 0 Å². The van der Waals surface area contributed by atoms with Crippen LogP contribution in [0.3, 0.4) is 0 Å². The summed E-state index contributed by atoms with van der Waals surface area (Å²) in [6.07, 6.45) is 0. The van der Waals surface area contributed by atoms with E-state index >= 15 is 0 Å². The minimum Gasteiger partial charge on any atom is -0.368 e. The highest BCUT2D eigenvalue weighted by atomic mass is 79.9. The first-order chi connectivity index (χ1) is 6.88. The molecule has 0 saturated heterocycles. The average molecular weight is 291 g/mol. The van der Waals surface area contributed by atoms with E-state index in [1.54, 1.807) is 0 Å². The van der Waals surface area contributed by atoms with Gasteiger partial charge in [0.05, 0.1) is 4.47 Å². The largest absolute Gasteiger partial charge is 0.368 e. The molecule has 1 heterocycles. The van der Waals surface area contributed by atoms with Gasteiger partial charge in [0.15, 0.2) is 0 Å². The van der Waals surface area contributed by atoms with Crippen LogP contribution in [-0.2, 0) is 10.3 Å². The van der Waals surface area contributed by atoms with E-state index in [2.05, 4.69) is 25.9 Å². The van der Waals surface area contributed by atoms with Gasteiger partial charge in [0.1, 0.15) is 16.1 Å². The molecule has 0 unspecified atom stereocenters. The second kappa shape index (κ2) is 4.72. The van der Waals surface area contributed by atoms with Gasteiger partial charge in [-0.1, -0.05) is 12.2 Å². The zero-order chi connectivity index (χ0) is 11.6. The molecule has 0 spiro atoms. The van der Waals surface area contributed by atoms with Crippen LogP contribution in [0, 0.1) is 11.6 Å². The van der Waals surface area contributed by atoms with Crippen molar-refractivity contribution in [2.24, 2.45) is 0 Å². The minimum absolute atomic E-state index is 0.437. The van der Waals surface area contributed by atoms with Crippen LogP contribution in [0.25, 0.3) is 0 Å². The molecule has 1 N–H and O–H groups in total. The molecule has 0 saturated carbocycles. The van der Waals surface area contributed by atoms with Crippen molar-refractivity contribution in [2.45, 2.75) is 33.3 Å². The summed E-state index contributed by atoms with van der Waals surface area (Å²) in [7, 11) is 0. The summed E-state index contributed by atoms with van der Waals surface area (Å²) >= 11 is 8.53. The van der Waals surface area contributed by atoms with Crippen LogP contribution in [0.2, 0.25) is 0 Å². The maximum absolute atomic E-state index is 5.61. The third-order valence-corrected chi connectivity index (χ3v) is 3.64. The molecule has 84 valence electrons. The molecule has 5 heteroatoms. The minimum atomic E-state index is -0.437. The zero-order valence-corrected chi connectivity index (χ0v) is 11.8. The molecule has 1 aromatic heterocycles. The molecular formula is C10H15BrN2OS. The molecule has 0 aliphatic heterocycles. The van der Waals surface area contributed by atoms with Gasteiger partial charge in [0.25, 0.3) is 0 Å². The van der Waals surface area contributed by atoms with Crippen molar-refractivity contribution < 1.29 is 4.74 Å². The van der Waals surface area contributed by atoms with Gasteiger partial charge >= 0.3 is 0 Å². The summed E-state index contributed by atoms with van der Waals surface area (Å²) in [6.45, 7) is 8.49. The number of hydrogen-bond acceptors (Lipinski definition) is 3. The number of ether oxygens (including phenoxy) is 1. The first-order valence-corrected chi connectivity index (χ1v) is 5.99. The molecule has 0 aromatic carbocycles. The average Bonchev–Trinajstić information content (AvgIpc) is 2.13. The number of hydrogen-bond donors (Lipinski definition) is 1. The van der Waals surface area contributed by atoms with Crippen molar-refractivity contribution in [3.63, 3.8) is 0 Å². The highest BCUT2D eigenvalue weighted by molar-refractivity contribution is 9.10. The van der Waals surface area contributed by atoms with Crippen LogP contribution in [0.5, 0.6) is 0 Å². The van der Waals surface area contributed by atoms with Gasteiger partial charge in [0, 0.05) is 12.3 Å². The first-order valence-electron chi connectivity index (χ1n) is 4.79. The fourth-order valence-electron chi connectivity index (χ4n) is 1.29. The van der Waals surface area contributed by atoms with E-state index in [0.717, 1.165) is 16.0 Å². The summed E-state index contributed by atoms with van der Waals surface area (Å²) in [4.78, 5) is 7.50. The number of aryl methyl sites for hydroxylation is 1. The van der Waals surface area contributed by atoms with Crippen molar-refractivity contribution in [1.29, 1.82) is 0 Å². The molecule has 0 bridgehead atoms. The number of nitrogens with one attached hydrogen (secondary N) is 1. The summed E-state index contributed by atoms with van der Waals surface area (Å²) in [5.41, 5.74) is 0.533. The molecule has 0 aliphatic rings. The molecule has 1 rings (SSSR count). The summed E-state index contributed by atoms with van der Waals surface area (Å²) in [5, 5.41) is 0. The van der Waals surface area contributed by atoms with Crippen molar-refractivity contribution in [1.82, 2.24) is 9.97 Å². The Hall–Kier alpha value is -0.260. The fourth-order valence-corrected chi connectivity index (χ4v) is 1.72. The maximum Gasteiger partial charge on any atom is 0.144 e. The number of halogens is 1. The van der Waals surface area contributed by atoms with E-state index in [0.29, 0.717) is 11.2 Å². The molecule has 0 amide bonds. The Labute approximate surface area is 103 Å².